The van der Waals surface area contributed by atoms with Crippen LogP contribution in [0, 0.1) is 11.3 Å². The van der Waals surface area contributed by atoms with Crippen molar-refractivity contribution < 1.29 is 9.90 Å². The zero-order chi connectivity index (χ0) is 11.4. The summed E-state index contributed by atoms with van der Waals surface area (Å²) in [6.07, 6.45) is 1.44. The van der Waals surface area contributed by atoms with Gasteiger partial charge in [0.15, 0.2) is 0 Å². The van der Waals surface area contributed by atoms with Gasteiger partial charge >= 0.3 is 5.97 Å². The molecule has 3 heteroatoms. The van der Waals surface area contributed by atoms with Crippen molar-refractivity contribution >= 4 is 5.97 Å². The third-order valence-electron chi connectivity index (χ3n) is 2.40. The maximum absolute atomic E-state index is 11.0. The van der Waals surface area contributed by atoms with Gasteiger partial charge in [0.25, 0.3) is 0 Å². The van der Waals surface area contributed by atoms with E-state index in [1.54, 1.807) is 6.07 Å². The number of rotatable bonds is 3. The molecule has 0 radical (unpaired) electrons. The van der Waals surface area contributed by atoms with Crippen LogP contribution in [0.3, 0.4) is 0 Å². The number of nitrogens with zero attached hydrogens (tertiary/aromatic N) is 1. The molecule has 0 aliphatic carbocycles. The second kappa shape index (κ2) is 4.61. The normalized spacial score (nSPS) is 9.67. The lowest BCUT2D eigenvalue weighted by atomic mass is 9.96. The highest BCUT2D eigenvalue weighted by Crippen LogP contribution is 2.18. The number of hydrogen-bond acceptors (Lipinski definition) is 2. The van der Waals surface area contributed by atoms with E-state index in [0.717, 1.165) is 17.5 Å². The molecule has 78 valence electrons. The van der Waals surface area contributed by atoms with Crippen LogP contribution >= 0.6 is 0 Å². The number of carboxylic acids is 1. The second-order valence-electron chi connectivity index (χ2n) is 3.30. The van der Waals surface area contributed by atoms with Crippen LogP contribution in [0.15, 0.2) is 12.1 Å². The van der Waals surface area contributed by atoms with E-state index in [-0.39, 0.29) is 11.1 Å². The van der Waals surface area contributed by atoms with Gasteiger partial charge in [0, 0.05) is 0 Å². The Morgan fingerprint density at radius 2 is 2.07 bits per heavy atom. The fourth-order valence-electron chi connectivity index (χ4n) is 1.59. The van der Waals surface area contributed by atoms with Gasteiger partial charge in [-0.1, -0.05) is 19.9 Å². The van der Waals surface area contributed by atoms with Crippen molar-refractivity contribution in [2.45, 2.75) is 26.7 Å². The number of nitriles is 1. The van der Waals surface area contributed by atoms with Gasteiger partial charge in [0.05, 0.1) is 11.1 Å². The summed E-state index contributed by atoms with van der Waals surface area (Å²) in [7, 11) is 0. The number of benzene rings is 1. The quantitative estimate of drug-likeness (QED) is 0.820. The molecule has 1 aromatic carbocycles. The first-order valence-corrected chi connectivity index (χ1v) is 4.93. The zero-order valence-corrected chi connectivity index (χ0v) is 8.87. The van der Waals surface area contributed by atoms with Gasteiger partial charge in [-0.2, -0.15) is 5.26 Å². The number of carboxylic acid groups (broad SMARTS) is 1. The van der Waals surface area contributed by atoms with Crippen molar-refractivity contribution in [1.82, 2.24) is 0 Å². The molecule has 1 rings (SSSR count). The molecule has 0 fully saturated rings. The van der Waals surface area contributed by atoms with E-state index < -0.39 is 5.97 Å². The Balaban J connectivity index is 3.48. The summed E-state index contributed by atoms with van der Waals surface area (Å²) >= 11 is 0. The molecule has 0 heterocycles. The van der Waals surface area contributed by atoms with Gasteiger partial charge < -0.3 is 5.11 Å². The van der Waals surface area contributed by atoms with Crippen molar-refractivity contribution in [2.75, 3.05) is 0 Å². The Kier molecular flexibility index (Phi) is 3.46. The number of aromatic carboxylic acids is 1. The first kappa shape index (κ1) is 11.3. The molecule has 0 aliphatic heterocycles. The summed E-state index contributed by atoms with van der Waals surface area (Å²) in [4.78, 5) is 11.0. The third-order valence-corrected chi connectivity index (χ3v) is 2.40. The Labute approximate surface area is 89.0 Å². The minimum atomic E-state index is -1.02. The fraction of sp³-hybridized carbons (Fsp3) is 0.333. The first-order valence-electron chi connectivity index (χ1n) is 4.93. The van der Waals surface area contributed by atoms with Gasteiger partial charge in [0.2, 0.25) is 0 Å². The molecule has 0 amide bonds. The van der Waals surface area contributed by atoms with Gasteiger partial charge in [-0.3, -0.25) is 0 Å². The lowest BCUT2D eigenvalue weighted by molar-refractivity contribution is 0.0695. The summed E-state index contributed by atoms with van der Waals surface area (Å²) in [6.45, 7) is 3.87. The fourth-order valence-corrected chi connectivity index (χ4v) is 1.59. The Morgan fingerprint density at radius 1 is 1.40 bits per heavy atom. The minimum Gasteiger partial charge on any atom is -0.478 e. The third kappa shape index (κ3) is 2.16. The largest absolute Gasteiger partial charge is 0.478 e. The van der Waals surface area contributed by atoms with Crippen LogP contribution < -0.4 is 0 Å². The van der Waals surface area contributed by atoms with E-state index in [1.165, 1.54) is 0 Å². The van der Waals surface area contributed by atoms with Crippen molar-refractivity contribution in [3.05, 3.63) is 34.4 Å². The predicted molar refractivity (Wildman–Crippen MR) is 56.9 cm³/mol. The highest BCUT2D eigenvalue weighted by atomic mass is 16.4. The highest BCUT2D eigenvalue weighted by molar-refractivity contribution is 5.92. The SMILES string of the molecule is CCc1cc(C#N)c(C(=O)O)c(CC)c1. The van der Waals surface area contributed by atoms with Gasteiger partial charge in [0.1, 0.15) is 6.07 Å². The zero-order valence-electron chi connectivity index (χ0n) is 8.87. The monoisotopic (exact) mass is 203 g/mol. The number of hydrogen-bond donors (Lipinski definition) is 1. The maximum Gasteiger partial charge on any atom is 0.337 e. The number of aryl methyl sites for hydroxylation is 2. The molecular formula is C12H13NO2. The summed E-state index contributed by atoms with van der Waals surface area (Å²) in [5.74, 6) is -1.02. The molecule has 1 N–H and O–H groups in total. The molecule has 0 atom stereocenters. The smallest absolute Gasteiger partial charge is 0.337 e. The second-order valence-corrected chi connectivity index (χ2v) is 3.30. The lowest BCUT2D eigenvalue weighted by Crippen LogP contribution is -2.06. The van der Waals surface area contributed by atoms with Crippen molar-refractivity contribution in [3.8, 4) is 6.07 Å². The highest BCUT2D eigenvalue weighted by Gasteiger charge is 2.15. The van der Waals surface area contributed by atoms with E-state index >= 15 is 0 Å². The van der Waals surface area contributed by atoms with Crippen LogP contribution in [-0.2, 0) is 12.8 Å². The lowest BCUT2D eigenvalue weighted by Gasteiger charge is -2.08. The van der Waals surface area contributed by atoms with Gasteiger partial charge in [-0.15, -0.1) is 0 Å². The molecule has 0 bridgehead atoms. The Hall–Kier alpha value is -1.82. The topological polar surface area (TPSA) is 61.1 Å². The summed E-state index contributed by atoms with van der Waals surface area (Å²) in [5.41, 5.74) is 2.16. The predicted octanol–water partition coefficient (Wildman–Crippen LogP) is 2.38. The van der Waals surface area contributed by atoms with Gasteiger partial charge in [-0.05, 0) is 30.0 Å². The molecule has 15 heavy (non-hydrogen) atoms. The van der Waals surface area contributed by atoms with Crippen LogP contribution in [-0.4, -0.2) is 11.1 Å². The van der Waals surface area contributed by atoms with Crippen LogP contribution in [0.5, 0.6) is 0 Å². The van der Waals surface area contributed by atoms with Gasteiger partial charge in [-0.25, -0.2) is 4.79 Å². The standard InChI is InChI=1S/C12H13NO2/c1-3-8-5-9(4-2)11(12(14)15)10(6-8)7-13/h5-6H,3-4H2,1-2H3,(H,14,15). The Bertz CT molecular complexity index is 430. The van der Waals surface area contributed by atoms with Crippen molar-refractivity contribution in [3.63, 3.8) is 0 Å². The molecule has 0 saturated carbocycles. The Morgan fingerprint density at radius 3 is 2.47 bits per heavy atom. The van der Waals surface area contributed by atoms with Crippen LogP contribution in [0.1, 0.15) is 40.9 Å². The minimum absolute atomic E-state index is 0.150. The molecule has 0 saturated heterocycles. The van der Waals surface area contributed by atoms with E-state index in [0.29, 0.717) is 6.42 Å². The molecular weight excluding hydrogens is 190 g/mol. The molecule has 0 unspecified atom stereocenters. The average molecular weight is 203 g/mol. The van der Waals surface area contributed by atoms with Crippen LogP contribution in [0.2, 0.25) is 0 Å². The van der Waals surface area contributed by atoms with Crippen molar-refractivity contribution in [1.29, 1.82) is 5.26 Å². The van der Waals surface area contributed by atoms with Crippen molar-refractivity contribution in [2.24, 2.45) is 0 Å². The van der Waals surface area contributed by atoms with E-state index in [1.807, 2.05) is 26.0 Å². The van der Waals surface area contributed by atoms with E-state index in [2.05, 4.69) is 0 Å². The van der Waals surface area contributed by atoms with Crippen LogP contribution in [0.4, 0.5) is 0 Å². The average Bonchev–Trinajstić information content (AvgIpc) is 2.26. The first-order chi connectivity index (χ1) is 7.13. The molecule has 0 aliphatic rings. The van der Waals surface area contributed by atoms with E-state index in [9.17, 15) is 4.79 Å². The summed E-state index contributed by atoms with van der Waals surface area (Å²) in [5, 5.41) is 17.9. The maximum atomic E-state index is 11.0. The molecule has 3 nitrogen and oxygen atoms in total. The summed E-state index contributed by atoms with van der Waals surface area (Å²) < 4.78 is 0. The van der Waals surface area contributed by atoms with E-state index in [4.69, 9.17) is 10.4 Å². The molecule has 0 spiro atoms. The molecule has 1 aromatic rings. The number of carbonyl (C=O) groups is 1. The summed E-state index contributed by atoms with van der Waals surface area (Å²) in [6, 6.07) is 5.47. The van der Waals surface area contributed by atoms with Crippen LogP contribution in [0.25, 0.3) is 0 Å². The molecule has 0 aromatic heterocycles.